The molecule has 0 saturated heterocycles. The minimum absolute atomic E-state index is 0.468. The highest BCUT2D eigenvalue weighted by molar-refractivity contribution is 14.1. The van der Waals surface area contributed by atoms with Crippen LogP contribution in [0.4, 0.5) is 5.82 Å². The highest BCUT2D eigenvalue weighted by atomic mass is 127. The van der Waals surface area contributed by atoms with E-state index < -0.39 is 0 Å². The normalized spacial score (nSPS) is 9.73. The third-order valence-electron chi connectivity index (χ3n) is 1.15. The number of halogens is 1. The van der Waals surface area contributed by atoms with Crippen LogP contribution in [0.25, 0.3) is 0 Å². The fraction of sp³-hybridized carbons (Fsp3) is 0.333. The molecule has 60 valence electrons. The standard InChI is InChI=1S/C6H8IN3O/c1-3-9-5(8)4(7)6(10-3)11-2/h1-2H3,(H2,8,9,10). The summed E-state index contributed by atoms with van der Waals surface area (Å²) in [4.78, 5) is 7.99. The zero-order valence-corrected chi connectivity index (χ0v) is 8.42. The van der Waals surface area contributed by atoms with E-state index in [1.165, 1.54) is 0 Å². The number of rotatable bonds is 1. The Balaban J connectivity index is 3.24. The molecule has 1 heterocycles. The van der Waals surface area contributed by atoms with Crippen molar-refractivity contribution in [3.8, 4) is 5.88 Å². The van der Waals surface area contributed by atoms with Gasteiger partial charge in [0.1, 0.15) is 15.2 Å². The Kier molecular flexibility index (Phi) is 2.48. The molecule has 0 spiro atoms. The van der Waals surface area contributed by atoms with E-state index >= 15 is 0 Å². The van der Waals surface area contributed by atoms with Gasteiger partial charge in [0, 0.05) is 0 Å². The summed E-state index contributed by atoms with van der Waals surface area (Å²) >= 11 is 2.05. The van der Waals surface area contributed by atoms with Crippen molar-refractivity contribution in [2.24, 2.45) is 0 Å². The quantitative estimate of drug-likeness (QED) is 0.769. The molecule has 0 aliphatic rings. The summed E-state index contributed by atoms with van der Waals surface area (Å²) in [5.74, 6) is 1.63. The molecule has 0 radical (unpaired) electrons. The van der Waals surface area contributed by atoms with Crippen LogP contribution >= 0.6 is 22.6 Å². The summed E-state index contributed by atoms with van der Waals surface area (Å²) in [5.41, 5.74) is 5.56. The largest absolute Gasteiger partial charge is 0.480 e. The fourth-order valence-electron chi connectivity index (χ4n) is 0.689. The Morgan fingerprint density at radius 3 is 2.64 bits per heavy atom. The van der Waals surface area contributed by atoms with Gasteiger partial charge in [-0.2, -0.15) is 4.98 Å². The first kappa shape index (κ1) is 8.51. The molecular formula is C6H8IN3O. The van der Waals surface area contributed by atoms with Gasteiger partial charge in [0.25, 0.3) is 0 Å². The fourth-order valence-corrected chi connectivity index (χ4v) is 1.15. The van der Waals surface area contributed by atoms with Crippen LogP contribution < -0.4 is 10.5 Å². The van der Waals surface area contributed by atoms with E-state index in [0.29, 0.717) is 17.5 Å². The van der Waals surface area contributed by atoms with Crippen LogP contribution in [0.1, 0.15) is 5.82 Å². The molecule has 11 heavy (non-hydrogen) atoms. The van der Waals surface area contributed by atoms with Crippen molar-refractivity contribution in [2.75, 3.05) is 12.8 Å². The molecule has 0 aliphatic heterocycles. The summed E-state index contributed by atoms with van der Waals surface area (Å²) < 4.78 is 5.73. The smallest absolute Gasteiger partial charge is 0.232 e. The maximum atomic E-state index is 5.56. The van der Waals surface area contributed by atoms with Gasteiger partial charge in [0.15, 0.2) is 0 Å². The van der Waals surface area contributed by atoms with E-state index in [-0.39, 0.29) is 0 Å². The second-order valence-electron chi connectivity index (χ2n) is 1.98. The lowest BCUT2D eigenvalue weighted by molar-refractivity contribution is 0.392. The lowest BCUT2D eigenvalue weighted by Gasteiger charge is -2.04. The van der Waals surface area contributed by atoms with Gasteiger partial charge in [-0.05, 0) is 29.5 Å². The second-order valence-corrected chi connectivity index (χ2v) is 3.06. The molecule has 1 rings (SSSR count). The Morgan fingerprint density at radius 2 is 2.09 bits per heavy atom. The average molecular weight is 265 g/mol. The molecule has 2 N–H and O–H groups in total. The third kappa shape index (κ3) is 1.70. The van der Waals surface area contributed by atoms with Gasteiger partial charge in [-0.15, -0.1) is 0 Å². The molecular weight excluding hydrogens is 257 g/mol. The average Bonchev–Trinajstić information content (AvgIpc) is 1.96. The number of nitrogen functional groups attached to an aromatic ring is 1. The van der Waals surface area contributed by atoms with E-state index in [2.05, 4.69) is 9.97 Å². The predicted octanol–water partition coefficient (Wildman–Crippen LogP) is 0.980. The number of hydrogen-bond acceptors (Lipinski definition) is 4. The van der Waals surface area contributed by atoms with Crippen LogP contribution in [0, 0.1) is 10.5 Å². The molecule has 0 amide bonds. The zero-order valence-electron chi connectivity index (χ0n) is 6.26. The van der Waals surface area contributed by atoms with Crippen LogP contribution in [0.15, 0.2) is 0 Å². The van der Waals surface area contributed by atoms with Crippen LogP contribution in [0.2, 0.25) is 0 Å². The minimum atomic E-state index is 0.468. The Hall–Kier alpha value is -0.590. The predicted molar refractivity (Wildman–Crippen MR) is 50.5 cm³/mol. The second kappa shape index (κ2) is 3.21. The Morgan fingerprint density at radius 1 is 1.45 bits per heavy atom. The van der Waals surface area contributed by atoms with Crippen LogP contribution in [-0.2, 0) is 0 Å². The highest BCUT2D eigenvalue weighted by Gasteiger charge is 2.06. The van der Waals surface area contributed by atoms with Crippen molar-refractivity contribution in [3.63, 3.8) is 0 Å². The minimum Gasteiger partial charge on any atom is -0.480 e. The van der Waals surface area contributed by atoms with Crippen molar-refractivity contribution in [3.05, 3.63) is 9.39 Å². The summed E-state index contributed by atoms with van der Waals surface area (Å²) in [6.07, 6.45) is 0. The number of methoxy groups -OCH3 is 1. The van der Waals surface area contributed by atoms with Crippen LogP contribution in [0.5, 0.6) is 5.88 Å². The van der Waals surface area contributed by atoms with E-state index in [9.17, 15) is 0 Å². The number of nitrogens with zero attached hydrogens (tertiary/aromatic N) is 2. The number of aromatic nitrogens is 2. The number of aryl methyl sites for hydroxylation is 1. The van der Waals surface area contributed by atoms with Crippen molar-refractivity contribution in [1.82, 2.24) is 9.97 Å². The summed E-state index contributed by atoms with van der Waals surface area (Å²) in [6.45, 7) is 1.77. The van der Waals surface area contributed by atoms with Gasteiger partial charge in [-0.1, -0.05) is 0 Å². The lowest BCUT2D eigenvalue weighted by atomic mass is 10.5. The third-order valence-corrected chi connectivity index (χ3v) is 2.17. The molecule has 0 saturated carbocycles. The van der Waals surface area contributed by atoms with E-state index in [1.807, 2.05) is 22.6 Å². The Labute approximate surface area is 78.3 Å². The van der Waals surface area contributed by atoms with Crippen molar-refractivity contribution in [2.45, 2.75) is 6.92 Å². The number of hydrogen-bond donors (Lipinski definition) is 1. The summed E-state index contributed by atoms with van der Waals surface area (Å²) in [5, 5.41) is 0. The van der Waals surface area contributed by atoms with Gasteiger partial charge in [0.05, 0.1) is 7.11 Å². The first-order chi connectivity index (χ1) is 5.15. The highest BCUT2D eigenvalue weighted by Crippen LogP contribution is 2.21. The van der Waals surface area contributed by atoms with E-state index in [1.54, 1.807) is 14.0 Å². The molecule has 5 heteroatoms. The molecule has 0 aromatic carbocycles. The number of anilines is 1. The van der Waals surface area contributed by atoms with Gasteiger partial charge < -0.3 is 10.5 Å². The van der Waals surface area contributed by atoms with Gasteiger partial charge >= 0.3 is 0 Å². The molecule has 4 nitrogen and oxygen atoms in total. The van der Waals surface area contributed by atoms with Crippen LogP contribution in [-0.4, -0.2) is 17.1 Å². The molecule has 1 aromatic rings. The first-order valence-electron chi connectivity index (χ1n) is 2.98. The topological polar surface area (TPSA) is 61.0 Å². The number of ether oxygens (including phenoxy) is 1. The van der Waals surface area contributed by atoms with Gasteiger partial charge in [0.2, 0.25) is 5.88 Å². The van der Waals surface area contributed by atoms with Gasteiger partial charge in [-0.25, -0.2) is 4.98 Å². The monoisotopic (exact) mass is 265 g/mol. The maximum absolute atomic E-state index is 5.56. The SMILES string of the molecule is COc1nc(C)nc(N)c1I. The van der Waals surface area contributed by atoms with Crippen molar-refractivity contribution in [1.29, 1.82) is 0 Å². The first-order valence-corrected chi connectivity index (χ1v) is 4.06. The summed E-state index contributed by atoms with van der Waals surface area (Å²) in [6, 6.07) is 0. The van der Waals surface area contributed by atoms with E-state index in [4.69, 9.17) is 10.5 Å². The van der Waals surface area contributed by atoms with Crippen molar-refractivity contribution >= 4 is 28.4 Å². The molecule has 0 atom stereocenters. The Bertz CT molecular complexity index is 277. The molecule has 0 bridgehead atoms. The van der Waals surface area contributed by atoms with Crippen LogP contribution in [0.3, 0.4) is 0 Å². The number of nitrogens with two attached hydrogens (primary N) is 1. The van der Waals surface area contributed by atoms with E-state index in [0.717, 1.165) is 3.57 Å². The van der Waals surface area contributed by atoms with Crippen molar-refractivity contribution < 1.29 is 4.74 Å². The van der Waals surface area contributed by atoms with Gasteiger partial charge in [-0.3, -0.25) is 0 Å². The zero-order chi connectivity index (χ0) is 8.43. The molecule has 0 unspecified atom stereocenters. The maximum Gasteiger partial charge on any atom is 0.232 e. The molecule has 0 fully saturated rings. The molecule has 0 aliphatic carbocycles. The lowest BCUT2D eigenvalue weighted by Crippen LogP contribution is -2.02. The summed E-state index contributed by atoms with van der Waals surface area (Å²) in [7, 11) is 1.56. The molecule has 1 aromatic heterocycles.